The number of phenolic OH excluding ortho intramolecular Hbond substituents is 1. The number of ether oxygens (including phenoxy) is 1. The first kappa shape index (κ1) is 29.3. The normalized spacial score (nSPS) is 13.0. The molecule has 5 nitrogen and oxygen atoms in total. The van der Waals surface area contributed by atoms with E-state index in [9.17, 15) is 5.11 Å². The van der Waals surface area contributed by atoms with E-state index in [4.69, 9.17) is 13.6 Å². The standard InChI is InChI=1S/C28H47NO4Si2/c1-27(2,3)34(8,9)32-24-18-22(20-29-17-16-21-12-14-23(30)15-13-21)19-25(26(24)31-7)33-35(10,11)28(4,5)6/h12-15,18-19,29-30H,16-17,20H2,1-11H3. The van der Waals surface area contributed by atoms with Gasteiger partial charge >= 0.3 is 0 Å². The summed E-state index contributed by atoms with van der Waals surface area (Å²) in [4.78, 5) is 0. The van der Waals surface area contributed by atoms with Crippen LogP contribution >= 0.6 is 0 Å². The van der Waals surface area contributed by atoms with E-state index in [1.165, 1.54) is 5.56 Å². The highest BCUT2D eigenvalue weighted by atomic mass is 28.4. The Hall–Kier alpha value is -1.97. The van der Waals surface area contributed by atoms with Gasteiger partial charge in [-0.25, -0.2) is 0 Å². The Labute approximate surface area is 215 Å². The molecule has 0 atom stereocenters. The van der Waals surface area contributed by atoms with Crippen LogP contribution in [0, 0.1) is 0 Å². The number of nitrogens with one attached hydrogen (secondary N) is 1. The summed E-state index contributed by atoms with van der Waals surface area (Å²) < 4.78 is 19.4. The lowest BCUT2D eigenvalue weighted by Crippen LogP contribution is -2.44. The number of aromatic hydroxyl groups is 1. The molecule has 2 rings (SSSR count). The second-order valence-electron chi connectivity index (χ2n) is 12.4. The largest absolute Gasteiger partial charge is 0.541 e. The predicted octanol–water partition coefficient (Wildman–Crippen LogP) is 7.50. The Balaban J connectivity index is 2.34. The highest BCUT2D eigenvalue weighted by Crippen LogP contribution is 2.46. The smallest absolute Gasteiger partial charge is 0.250 e. The molecular weight excluding hydrogens is 470 g/mol. The number of benzene rings is 2. The van der Waals surface area contributed by atoms with Gasteiger partial charge in [-0.05, 0) is 84.6 Å². The van der Waals surface area contributed by atoms with Crippen molar-refractivity contribution in [2.45, 2.75) is 90.8 Å². The number of rotatable bonds is 10. The minimum Gasteiger partial charge on any atom is -0.541 e. The number of hydrogen-bond donors (Lipinski definition) is 2. The Kier molecular flexibility index (Phi) is 9.17. The van der Waals surface area contributed by atoms with Gasteiger partial charge < -0.3 is 24.0 Å². The van der Waals surface area contributed by atoms with E-state index in [0.29, 0.717) is 18.0 Å². The predicted molar refractivity (Wildman–Crippen MR) is 152 cm³/mol. The van der Waals surface area contributed by atoms with E-state index < -0.39 is 16.6 Å². The molecule has 7 heteroatoms. The van der Waals surface area contributed by atoms with Crippen LogP contribution in [0.3, 0.4) is 0 Å². The quantitative estimate of drug-likeness (QED) is 0.252. The molecule has 0 aliphatic heterocycles. The van der Waals surface area contributed by atoms with Crippen LogP contribution in [0.5, 0.6) is 23.0 Å². The molecule has 0 saturated heterocycles. The first-order chi connectivity index (χ1) is 16.0. The fraction of sp³-hybridized carbons (Fsp3) is 0.571. The van der Waals surface area contributed by atoms with Crippen LogP contribution in [0.4, 0.5) is 0 Å². The molecular formula is C28H47NO4Si2. The molecule has 196 valence electrons. The topological polar surface area (TPSA) is 60.0 Å². The van der Waals surface area contributed by atoms with Crippen molar-refractivity contribution in [3.8, 4) is 23.0 Å². The summed E-state index contributed by atoms with van der Waals surface area (Å²) in [5.74, 6) is 2.52. The third-order valence-corrected chi connectivity index (χ3v) is 16.2. The van der Waals surface area contributed by atoms with Gasteiger partial charge in [0.25, 0.3) is 16.6 Å². The molecule has 0 spiro atoms. The molecule has 2 aromatic rings. The molecule has 2 aromatic carbocycles. The molecule has 0 aliphatic carbocycles. The molecule has 0 aliphatic rings. The van der Waals surface area contributed by atoms with Crippen LogP contribution in [-0.2, 0) is 13.0 Å². The van der Waals surface area contributed by atoms with Gasteiger partial charge in [-0.2, -0.15) is 0 Å². The molecule has 0 radical (unpaired) electrons. The zero-order valence-electron chi connectivity index (χ0n) is 23.8. The van der Waals surface area contributed by atoms with Crippen molar-refractivity contribution < 1.29 is 18.7 Å². The van der Waals surface area contributed by atoms with Crippen LogP contribution in [-0.4, -0.2) is 35.4 Å². The van der Waals surface area contributed by atoms with Crippen molar-refractivity contribution in [3.05, 3.63) is 47.5 Å². The molecule has 0 fully saturated rings. The first-order valence-corrected chi connectivity index (χ1v) is 18.4. The van der Waals surface area contributed by atoms with Gasteiger partial charge in [0.15, 0.2) is 11.5 Å². The number of methoxy groups -OCH3 is 1. The van der Waals surface area contributed by atoms with Crippen molar-refractivity contribution in [2.75, 3.05) is 13.7 Å². The van der Waals surface area contributed by atoms with Crippen LogP contribution < -0.4 is 18.9 Å². The van der Waals surface area contributed by atoms with Crippen molar-refractivity contribution >= 4 is 16.6 Å². The van der Waals surface area contributed by atoms with Crippen LogP contribution in [0.15, 0.2) is 36.4 Å². The maximum Gasteiger partial charge on any atom is 0.250 e. The van der Waals surface area contributed by atoms with Crippen LogP contribution in [0.2, 0.25) is 36.3 Å². The van der Waals surface area contributed by atoms with E-state index in [-0.39, 0.29) is 10.1 Å². The molecule has 0 heterocycles. The second-order valence-corrected chi connectivity index (χ2v) is 21.9. The highest BCUT2D eigenvalue weighted by molar-refractivity contribution is 6.75. The lowest BCUT2D eigenvalue weighted by Gasteiger charge is -2.39. The van der Waals surface area contributed by atoms with E-state index >= 15 is 0 Å². The summed E-state index contributed by atoms with van der Waals surface area (Å²) in [5, 5.41) is 13.2. The maximum atomic E-state index is 9.49. The van der Waals surface area contributed by atoms with E-state index in [2.05, 4.69) is 85.2 Å². The van der Waals surface area contributed by atoms with Gasteiger partial charge in [0.1, 0.15) is 5.75 Å². The average molecular weight is 518 g/mol. The molecule has 2 N–H and O–H groups in total. The minimum absolute atomic E-state index is 0.0663. The van der Waals surface area contributed by atoms with E-state index in [0.717, 1.165) is 30.0 Å². The number of hydrogen-bond acceptors (Lipinski definition) is 5. The van der Waals surface area contributed by atoms with Gasteiger partial charge in [-0.3, -0.25) is 0 Å². The molecule has 0 aromatic heterocycles. The van der Waals surface area contributed by atoms with Gasteiger partial charge in [0, 0.05) is 6.54 Å². The third kappa shape index (κ3) is 7.76. The lowest BCUT2D eigenvalue weighted by molar-refractivity contribution is 0.363. The van der Waals surface area contributed by atoms with Crippen LogP contribution in [0.25, 0.3) is 0 Å². The monoisotopic (exact) mass is 517 g/mol. The van der Waals surface area contributed by atoms with Crippen molar-refractivity contribution in [1.29, 1.82) is 0 Å². The summed E-state index contributed by atoms with van der Waals surface area (Å²) >= 11 is 0. The Morgan fingerprint density at radius 2 is 1.23 bits per heavy atom. The summed E-state index contributed by atoms with van der Waals surface area (Å²) in [7, 11) is -2.48. The van der Waals surface area contributed by atoms with E-state index in [1.54, 1.807) is 19.2 Å². The van der Waals surface area contributed by atoms with Gasteiger partial charge in [0.05, 0.1) is 7.11 Å². The Morgan fingerprint density at radius 3 is 1.63 bits per heavy atom. The van der Waals surface area contributed by atoms with E-state index in [1.807, 2.05) is 12.1 Å². The van der Waals surface area contributed by atoms with Gasteiger partial charge in [-0.1, -0.05) is 53.7 Å². The Bertz CT molecular complexity index is 925. The first-order valence-electron chi connectivity index (χ1n) is 12.5. The summed E-state index contributed by atoms with van der Waals surface area (Å²) in [6.45, 7) is 24.0. The fourth-order valence-electron chi connectivity index (χ4n) is 3.07. The maximum absolute atomic E-state index is 9.49. The molecule has 0 saturated carbocycles. The van der Waals surface area contributed by atoms with Crippen molar-refractivity contribution in [3.63, 3.8) is 0 Å². The SMILES string of the molecule is COc1c(O[Si](C)(C)C(C)(C)C)cc(CNCCc2ccc(O)cc2)cc1O[Si](C)(C)C(C)(C)C. The summed E-state index contributed by atoms with van der Waals surface area (Å²) in [5.41, 5.74) is 2.30. The van der Waals surface area contributed by atoms with Gasteiger partial charge in [-0.15, -0.1) is 0 Å². The molecule has 0 unspecified atom stereocenters. The van der Waals surface area contributed by atoms with Gasteiger partial charge in [0.2, 0.25) is 5.75 Å². The number of phenols is 1. The van der Waals surface area contributed by atoms with Crippen molar-refractivity contribution in [1.82, 2.24) is 5.32 Å². The Morgan fingerprint density at radius 1 is 0.771 bits per heavy atom. The average Bonchev–Trinajstić information content (AvgIpc) is 2.70. The third-order valence-electron chi connectivity index (χ3n) is 7.48. The zero-order chi connectivity index (χ0) is 26.7. The minimum atomic E-state index is -2.09. The summed E-state index contributed by atoms with van der Waals surface area (Å²) in [6.07, 6.45) is 0.886. The second kappa shape index (κ2) is 11.0. The lowest BCUT2D eigenvalue weighted by atomic mass is 10.1. The molecule has 0 bridgehead atoms. The molecule has 35 heavy (non-hydrogen) atoms. The fourth-order valence-corrected chi connectivity index (χ4v) is 5.09. The molecule has 0 amide bonds. The highest BCUT2D eigenvalue weighted by Gasteiger charge is 2.42. The zero-order valence-corrected chi connectivity index (χ0v) is 25.8. The summed E-state index contributed by atoms with van der Waals surface area (Å²) in [6, 6.07) is 11.6. The van der Waals surface area contributed by atoms with Crippen molar-refractivity contribution in [2.24, 2.45) is 0 Å². The van der Waals surface area contributed by atoms with Crippen LogP contribution in [0.1, 0.15) is 52.7 Å².